The quantitative estimate of drug-likeness (QED) is 0.204. The maximum Gasteiger partial charge on any atom is 0.260 e. The zero-order chi connectivity index (χ0) is 23.4. The maximum atomic E-state index is 12.4. The van der Waals surface area contributed by atoms with Gasteiger partial charge in [-0.1, -0.05) is 122 Å². The van der Waals surface area contributed by atoms with Crippen molar-refractivity contribution in [1.29, 1.82) is 0 Å². The molecule has 0 aromatic heterocycles. The zero-order valence-corrected chi connectivity index (χ0v) is 21.6. The summed E-state index contributed by atoms with van der Waals surface area (Å²) in [5.41, 5.74) is 1.18. The third kappa shape index (κ3) is 13.1. The lowest BCUT2D eigenvalue weighted by molar-refractivity contribution is -0.127. The number of amides is 1. The third-order valence-corrected chi connectivity index (χ3v) is 6.56. The second-order valence-electron chi connectivity index (χ2n) is 9.49. The van der Waals surface area contributed by atoms with E-state index in [2.05, 4.69) is 32.2 Å². The van der Waals surface area contributed by atoms with Crippen molar-refractivity contribution in [3.05, 3.63) is 29.8 Å². The van der Waals surface area contributed by atoms with Gasteiger partial charge in [0, 0.05) is 6.54 Å². The van der Waals surface area contributed by atoms with E-state index in [1.807, 2.05) is 25.1 Å². The van der Waals surface area contributed by atoms with E-state index in [0.717, 1.165) is 25.1 Å². The number of carbonyl (C=O) groups is 1. The summed E-state index contributed by atoms with van der Waals surface area (Å²) in [5.74, 6) is 1.25. The third-order valence-electron chi connectivity index (χ3n) is 6.56. The van der Waals surface area contributed by atoms with Crippen LogP contribution in [0.4, 0.5) is 0 Å². The first kappa shape index (κ1) is 28.5. The zero-order valence-electron chi connectivity index (χ0n) is 21.6. The van der Waals surface area contributed by atoms with Crippen molar-refractivity contribution in [2.75, 3.05) is 6.54 Å². The molecule has 0 saturated carbocycles. The largest absolute Gasteiger partial charge is 0.481 e. The summed E-state index contributed by atoms with van der Waals surface area (Å²) in [6, 6.07) is 8.08. The van der Waals surface area contributed by atoms with Crippen molar-refractivity contribution in [2.24, 2.45) is 0 Å². The summed E-state index contributed by atoms with van der Waals surface area (Å²) in [4.78, 5) is 12.4. The first-order chi connectivity index (χ1) is 15.6. The number of hydrogen-bond acceptors (Lipinski definition) is 2. The van der Waals surface area contributed by atoms with Gasteiger partial charge in [0.2, 0.25) is 0 Å². The first-order valence-electron chi connectivity index (χ1n) is 13.6. The summed E-state index contributed by atoms with van der Waals surface area (Å²) in [6.07, 6.45) is 19.5. The molecule has 2 atom stereocenters. The van der Waals surface area contributed by atoms with Crippen LogP contribution in [0.5, 0.6) is 5.75 Å². The van der Waals surface area contributed by atoms with E-state index in [-0.39, 0.29) is 5.91 Å². The highest BCUT2D eigenvalue weighted by molar-refractivity contribution is 5.80. The fraction of sp³-hybridized carbons (Fsp3) is 0.759. The predicted molar refractivity (Wildman–Crippen MR) is 139 cm³/mol. The Morgan fingerprint density at radius 3 is 1.81 bits per heavy atom. The molecular weight excluding hydrogens is 394 g/mol. The molecule has 1 amide bonds. The second-order valence-corrected chi connectivity index (χ2v) is 9.49. The number of carbonyl (C=O) groups excluding carboxylic acids is 1. The maximum absolute atomic E-state index is 12.4. The number of nitrogens with one attached hydrogen (secondary N) is 1. The molecule has 0 spiro atoms. The molecular formula is C29H51NO2. The van der Waals surface area contributed by atoms with Gasteiger partial charge in [-0.05, 0) is 37.3 Å². The molecule has 3 nitrogen and oxygen atoms in total. The van der Waals surface area contributed by atoms with E-state index < -0.39 is 6.10 Å². The molecule has 0 bridgehead atoms. The van der Waals surface area contributed by atoms with Gasteiger partial charge in [0.1, 0.15) is 5.75 Å². The lowest BCUT2D eigenvalue weighted by Gasteiger charge is -2.19. The Kier molecular flexibility index (Phi) is 16.9. The van der Waals surface area contributed by atoms with Crippen molar-refractivity contribution < 1.29 is 9.53 Å². The van der Waals surface area contributed by atoms with E-state index in [9.17, 15) is 4.79 Å². The number of ether oxygens (including phenoxy) is 1. The van der Waals surface area contributed by atoms with E-state index >= 15 is 0 Å². The molecule has 1 aromatic carbocycles. The molecule has 0 aliphatic rings. The smallest absolute Gasteiger partial charge is 0.260 e. The second kappa shape index (κ2) is 19.0. The van der Waals surface area contributed by atoms with Crippen LogP contribution in [0.15, 0.2) is 24.3 Å². The molecule has 3 heteroatoms. The average Bonchev–Trinajstić information content (AvgIpc) is 2.81. The molecule has 0 radical (unpaired) electrons. The van der Waals surface area contributed by atoms with Crippen molar-refractivity contribution in [2.45, 2.75) is 136 Å². The van der Waals surface area contributed by atoms with Crippen molar-refractivity contribution >= 4 is 5.91 Å². The molecule has 0 saturated heterocycles. The summed E-state index contributed by atoms with van der Waals surface area (Å²) >= 11 is 0. The van der Waals surface area contributed by atoms with Gasteiger partial charge in [-0.3, -0.25) is 4.79 Å². The molecule has 1 N–H and O–H groups in total. The fourth-order valence-electron chi connectivity index (χ4n) is 4.13. The van der Waals surface area contributed by atoms with Crippen molar-refractivity contribution in [3.8, 4) is 5.75 Å². The molecule has 0 fully saturated rings. The topological polar surface area (TPSA) is 38.3 Å². The molecule has 1 rings (SSSR count). The fourth-order valence-corrected chi connectivity index (χ4v) is 4.13. The van der Waals surface area contributed by atoms with E-state index in [1.54, 1.807) is 0 Å². The van der Waals surface area contributed by atoms with Crippen LogP contribution in [0.1, 0.15) is 135 Å². The van der Waals surface area contributed by atoms with E-state index in [0.29, 0.717) is 5.92 Å². The highest BCUT2D eigenvalue weighted by Gasteiger charge is 2.17. The Hall–Kier alpha value is -1.51. The van der Waals surface area contributed by atoms with Gasteiger partial charge >= 0.3 is 0 Å². The Balaban J connectivity index is 2.02. The first-order valence-corrected chi connectivity index (χ1v) is 13.6. The predicted octanol–water partition coefficient (Wildman–Crippen LogP) is 8.56. The Morgan fingerprint density at radius 1 is 0.781 bits per heavy atom. The lowest BCUT2D eigenvalue weighted by atomic mass is 9.98. The van der Waals surface area contributed by atoms with Gasteiger partial charge in [-0.25, -0.2) is 0 Å². The number of unbranched alkanes of at least 4 members (excludes halogenated alkanes) is 13. The highest BCUT2D eigenvalue weighted by Crippen LogP contribution is 2.29. The van der Waals surface area contributed by atoms with Crippen molar-refractivity contribution in [3.63, 3.8) is 0 Å². The standard InChI is InChI=1S/C29H51NO2/c1-5-7-8-9-10-11-12-13-14-15-16-17-18-21-24-30-29(31)26(4)32-28-23-20-19-22-27(28)25(3)6-2/h19-20,22-23,25-26H,5-18,21,24H2,1-4H3,(H,30,31). The van der Waals surface area contributed by atoms with E-state index in [1.165, 1.54) is 89.0 Å². The molecule has 2 unspecified atom stereocenters. The molecule has 32 heavy (non-hydrogen) atoms. The summed E-state index contributed by atoms with van der Waals surface area (Å²) in [7, 11) is 0. The summed E-state index contributed by atoms with van der Waals surface area (Å²) < 4.78 is 5.99. The SMILES string of the molecule is CCCCCCCCCCCCCCCCNC(=O)C(C)Oc1ccccc1C(C)CC. The molecule has 184 valence electrons. The van der Waals surface area contributed by atoms with Crippen LogP contribution < -0.4 is 10.1 Å². The lowest BCUT2D eigenvalue weighted by Crippen LogP contribution is -2.37. The van der Waals surface area contributed by atoms with Crippen LogP contribution in [0.3, 0.4) is 0 Å². The van der Waals surface area contributed by atoms with Gasteiger partial charge in [0.25, 0.3) is 5.91 Å². The minimum absolute atomic E-state index is 0.0151. The Bertz CT molecular complexity index is 586. The highest BCUT2D eigenvalue weighted by atomic mass is 16.5. The average molecular weight is 446 g/mol. The Morgan fingerprint density at radius 2 is 1.28 bits per heavy atom. The summed E-state index contributed by atoms with van der Waals surface area (Å²) in [5, 5.41) is 3.04. The molecule has 0 aliphatic heterocycles. The summed E-state index contributed by atoms with van der Waals surface area (Å²) in [6.45, 7) is 9.24. The van der Waals surface area contributed by atoms with Gasteiger partial charge in [0.15, 0.2) is 6.10 Å². The van der Waals surface area contributed by atoms with Crippen molar-refractivity contribution in [1.82, 2.24) is 5.32 Å². The van der Waals surface area contributed by atoms with Crippen LogP contribution in [-0.2, 0) is 4.79 Å². The van der Waals surface area contributed by atoms with E-state index in [4.69, 9.17) is 4.74 Å². The minimum Gasteiger partial charge on any atom is -0.481 e. The van der Waals surface area contributed by atoms with Crippen LogP contribution in [-0.4, -0.2) is 18.6 Å². The monoisotopic (exact) mass is 445 g/mol. The molecule has 1 aromatic rings. The minimum atomic E-state index is -0.466. The van der Waals surface area contributed by atoms with Crippen LogP contribution in [0.25, 0.3) is 0 Å². The number of hydrogen-bond donors (Lipinski definition) is 1. The van der Waals surface area contributed by atoms with Crippen LogP contribution >= 0.6 is 0 Å². The van der Waals surface area contributed by atoms with Gasteiger partial charge in [-0.2, -0.15) is 0 Å². The van der Waals surface area contributed by atoms with Gasteiger partial charge < -0.3 is 10.1 Å². The van der Waals surface area contributed by atoms with Crippen LogP contribution in [0.2, 0.25) is 0 Å². The molecule has 0 heterocycles. The number of rotatable bonds is 20. The Labute approximate surface area is 199 Å². The normalized spacial score (nSPS) is 13.0. The molecule has 0 aliphatic carbocycles. The number of benzene rings is 1. The van der Waals surface area contributed by atoms with Gasteiger partial charge in [-0.15, -0.1) is 0 Å². The number of para-hydroxylation sites is 1. The van der Waals surface area contributed by atoms with Gasteiger partial charge in [0.05, 0.1) is 0 Å². The van der Waals surface area contributed by atoms with Crippen LogP contribution in [0, 0.1) is 0 Å².